The molecule has 1 aromatic heterocycles. The van der Waals surface area contributed by atoms with Gasteiger partial charge in [-0.2, -0.15) is 0 Å². The number of carbonyl (C=O) groups is 1. The van der Waals surface area contributed by atoms with E-state index in [0.717, 1.165) is 43.0 Å². The average Bonchev–Trinajstić information content (AvgIpc) is 3.63. The molecule has 8 heteroatoms. The molecule has 1 aliphatic carbocycles. The number of amides is 1. The zero-order chi connectivity index (χ0) is 21.8. The number of anilines is 3. The van der Waals surface area contributed by atoms with Gasteiger partial charge in [-0.05, 0) is 69.2 Å². The zero-order valence-electron chi connectivity index (χ0n) is 18.8. The molecular formula is C24H34N6OS. The van der Waals surface area contributed by atoms with Crippen molar-refractivity contribution < 1.29 is 4.79 Å². The van der Waals surface area contributed by atoms with Crippen molar-refractivity contribution in [2.24, 2.45) is 0 Å². The van der Waals surface area contributed by atoms with Crippen molar-refractivity contribution >= 4 is 35.0 Å². The highest BCUT2D eigenvalue weighted by atomic mass is 32.2. The molecule has 1 amide bonds. The number of hydrogen-bond acceptors (Lipinski definition) is 6. The van der Waals surface area contributed by atoms with Crippen LogP contribution < -0.4 is 15.1 Å². The standard InChI is InChI=1S/C24H34N6OS/c31-22(25-19-8-10-20(11-9-19)28-14-4-1-2-5-15-28)18-32-24-27-26-23(30(24)21-12-13-21)29-16-6-3-7-17-29/h8-11,21H,1-7,12-18H2,(H,25,31). The molecule has 7 nitrogen and oxygen atoms in total. The third-order valence-electron chi connectivity index (χ3n) is 6.65. The van der Waals surface area contributed by atoms with Crippen molar-refractivity contribution in [2.75, 3.05) is 47.0 Å². The summed E-state index contributed by atoms with van der Waals surface area (Å²) in [5.74, 6) is 1.35. The van der Waals surface area contributed by atoms with Gasteiger partial charge in [0.2, 0.25) is 11.9 Å². The lowest BCUT2D eigenvalue weighted by Crippen LogP contribution is -2.32. The summed E-state index contributed by atoms with van der Waals surface area (Å²) in [5.41, 5.74) is 2.11. The van der Waals surface area contributed by atoms with Gasteiger partial charge in [0, 0.05) is 43.6 Å². The maximum atomic E-state index is 12.6. The molecule has 1 N–H and O–H groups in total. The van der Waals surface area contributed by atoms with Crippen molar-refractivity contribution in [1.29, 1.82) is 0 Å². The van der Waals surface area contributed by atoms with E-state index in [1.165, 1.54) is 75.2 Å². The number of benzene rings is 1. The molecule has 0 radical (unpaired) electrons. The topological polar surface area (TPSA) is 66.3 Å². The maximum Gasteiger partial charge on any atom is 0.234 e. The highest BCUT2D eigenvalue weighted by Crippen LogP contribution is 2.41. The lowest BCUT2D eigenvalue weighted by Gasteiger charge is -2.27. The van der Waals surface area contributed by atoms with Crippen LogP contribution in [0.25, 0.3) is 0 Å². The van der Waals surface area contributed by atoms with Crippen molar-refractivity contribution in [3.05, 3.63) is 24.3 Å². The van der Waals surface area contributed by atoms with E-state index < -0.39 is 0 Å². The highest BCUT2D eigenvalue weighted by Gasteiger charge is 2.32. The predicted molar refractivity (Wildman–Crippen MR) is 131 cm³/mol. The average molecular weight is 455 g/mol. The summed E-state index contributed by atoms with van der Waals surface area (Å²) in [6, 6.07) is 8.79. The molecular weight excluding hydrogens is 420 g/mol. The third-order valence-corrected chi connectivity index (χ3v) is 7.60. The van der Waals surface area contributed by atoms with Crippen molar-refractivity contribution in [2.45, 2.75) is 69.0 Å². The summed E-state index contributed by atoms with van der Waals surface area (Å²) >= 11 is 1.50. The quantitative estimate of drug-likeness (QED) is 0.611. The molecule has 32 heavy (non-hydrogen) atoms. The van der Waals surface area contributed by atoms with Crippen LogP contribution in [0.2, 0.25) is 0 Å². The Kier molecular flexibility index (Phi) is 6.86. The monoisotopic (exact) mass is 454 g/mol. The second kappa shape index (κ2) is 10.1. The van der Waals surface area contributed by atoms with Crippen LogP contribution in [0.5, 0.6) is 0 Å². The second-order valence-corrected chi connectivity index (χ2v) is 10.2. The molecule has 3 heterocycles. The van der Waals surface area contributed by atoms with Crippen LogP contribution >= 0.6 is 11.8 Å². The fraction of sp³-hybridized carbons (Fsp3) is 0.625. The van der Waals surface area contributed by atoms with E-state index in [1.807, 2.05) is 12.1 Å². The Morgan fingerprint density at radius 1 is 0.875 bits per heavy atom. The van der Waals surface area contributed by atoms with Gasteiger partial charge in [0.15, 0.2) is 5.16 Å². The Bertz CT molecular complexity index is 896. The van der Waals surface area contributed by atoms with Crippen LogP contribution in [-0.2, 0) is 4.79 Å². The van der Waals surface area contributed by atoms with Gasteiger partial charge in [-0.25, -0.2) is 0 Å². The Morgan fingerprint density at radius 2 is 1.50 bits per heavy atom. The summed E-state index contributed by atoms with van der Waals surface area (Å²) in [7, 11) is 0. The Morgan fingerprint density at radius 3 is 2.16 bits per heavy atom. The summed E-state index contributed by atoms with van der Waals surface area (Å²) in [5, 5.41) is 12.9. The van der Waals surface area contributed by atoms with Crippen LogP contribution in [0.4, 0.5) is 17.3 Å². The van der Waals surface area contributed by atoms with E-state index in [4.69, 9.17) is 0 Å². The number of nitrogens with zero attached hydrogens (tertiary/aromatic N) is 5. The van der Waals surface area contributed by atoms with Crippen molar-refractivity contribution in [3.8, 4) is 0 Å². The molecule has 3 fully saturated rings. The summed E-state index contributed by atoms with van der Waals surface area (Å²) in [4.78, 5) is 17.4. The first-order chi connectivity index (χ1) is 15.8. The minimum Gasteiger partial charge on any atom is -0.372 e. The van der Waals surface area contributed by atoms with Gasteiger partial charge in [0.05, 0.1) is 5.75 Å². The van der Waals surface area contributed by atoms with Crippen LogP contribution in [0, 0.1) is 0 Å². The number of rotatable bonds is 7. The number of aromatic nitrogens is 3. The summed E-state index contributed by atoms with van der Waals surface area (Å²) < 4.78 is 2.28. The molecule has 0 atom stereocenters. The second-order valence-electron chi connectivity index (χ2n) is 9.22. The lowest BCUT2D eigenvalue weighted by atomic mass is 10.1. The molecule has 5 rings (SSSR count). The van der Waals surface area contributed by atoms with E-state index in [1.54, 1.807) is 0 Å². The van der Waals surface area contributed by atoms with Gasteiger partial charge in [-0.15, -0.1) is 10.2 Å². The summed E-state index contributed by atoms with van der Waals surface area (Å²) in [6.07, 6.45) is 11.3. The maximum absolute atomic E-state index is 12.6. The van der Waals surface area contributed by atoms with Gasteiger partial charge in [-0.3, -0.25) is 9.36 Å². The number of thioether (sulfide) groups is 1. The fourth-order valence-corrected chi connectivity index (χ4v) is 5.54. The summed E-state index contributed by atoms with van der Waals surface area (Å²) in [6.45, 7) is 4.37. The van der Waals surface area contributed by atoms with Gasteiger partial charge < -0.3 is 15.1 Å². The van der Waals surface area contributed by atoms with E-state index in [9.17, 15) is 4.79 Å². The van der Waals surface area contributed by atoms with Crippen molar-refractivity contribution in [1.82, 2.24) is 14.8 Å². The van der Waals surface area contributed by atoms with E-state index in [0.29, 0.717) is 11.8 Å². The number of nitrogens with one attached hydrogen (secondary N) is 1. The Hall–Kier alpha value is -2.22. The molecule has 1 saturated carbocycles. The van der Waals surface area contributed by atoms with E-state index in [2.05, 4.69) is 42.0 Å². The first kappa shape index (κ1) is 21.6. The van der Waals surface area contributed by atoms with Crippen LogP contribution in [0.3, 0.4) is 0 Å². The molecule has 0 spiro atoms. The van der Waals surface area contributed by atoms with E-state index >= 15 is 0 Å². The smallest absolute Gasteiger partial charge is 0.234 e. The molecule has 172 valence electrons. The molecule has 0 bridgehead atoms. The zero-order valence-corrected chi connectivity index (χ0v) is 19.7. The van der Waals surface area contributed by atoms with Gasteiger partial charge in [0.1, 0.15) is 0 Å². The van der Waals surface area contributed by atoms with Crippen LogP contribution in [0.15, 0.2) is 29.4 Å². The van der Waals surface area contributed by atoms with Gasteiger partial charge >= 0.3 is 0 Å². The van der Waals surface area contributed by atoms with E-state index in [-0.39, 0.29) is 5.91 Å². The Labute approximate surface area is 194 Å². The molecule has 1 aromatic carbocycles. The Balaban J connectivity index is 1.17. The highest BCUT2D eigenvalue weighted by molar-refractivity contribution is 7.99. The third kappa shape index (κ3) is 5.22. The predicted octanol–water partition coefficient (Wildman–Crippen LogP) is 4.71. The molecule has 2 saturated heterocycles. The lowest BCUT2D eigenvalue weighted by molar-refractivity contribution is -0.113. The van der Waals surface area contributed by atoms with Crippen LogP contribution in [-0.4, -0.2) is 52.6 Å². The molecule has 3 aliphatic rings. The number of piperidine rings is 1. The molecule has 2 aliphatic heterocycles. The first-order valence-electron chi connectivity index (χ1n) is 12.3. The number of hydrogen-bond donors (Lipinski definition) is 1. The molecule has 0 unspecified atom stereocenters. The largest absolute Gasteiger partial charge is 0.372 e. The van der Waals surface area contributed by atoms with Gasteiger partial charge in [0.25, 0.3) is 0 Å². The van der Waals surface area contributed by atoms with Gasteiger partial charge in [-0.1, -0.05) is 24.6 Å². The normalized spacial score (nSPS) is 19.6. The SMILES string of the molecule is O=C(CSc1nnc(N2CCCCC2)n1C1CC1)Nc1ccc(N2CCCCCC2)cc1. The minimum absolute atomic E-state index is 0.00221. The fourth-order valence-electron chi connectivity index (χ4n) is 4.74. The minimum atomic E-state index is 0.00221. The number of carbonyl (C=O) groups excluding carboxylic acids is 1. The first-order valence-corrected chi connectivity index (χ1v) is 13.2. The van der Waals surface area contributed by atoms with Crippen LogP contribution in [0.1, 0.15) is 63.8 Å². The van der Waals surface area contributed by atoms with Crippen molar-refractivity contribution in [3.63, 3.8) is 0 Å². The molecule has 2 aromatic rings.